The predicted molar refractivity (Wildman–Crippen MR) is 336 cm³/mol. The number of aromatic carboxylic acids is 2. The molecule has 0 radical (unpaired) electrons. The summed E-state index contributed by atoms with van der Waals surface area (Å²) < 4.78 is 11.1. The van der Waals surface area contributed by atoms with Gasteiger partial charge in [-0.1, -0.05) is 96.1 Å². The van der Waals surface area contributed by atoms with Crippen molar-refractivity contribution < 1.29 is 48.5 Å². The fourth-order valence-corrected chi connectivity index (χ4v) is 15.6. The molecule has 0 bridgehead atoms. The molecule has 2 aliphatic carbocycles. The summed E-state index contributed by atoms with van der Waals surface area (Å²) in [4.78, 5) is 88.1. The number of nitrogens with zero attached hydrogens (tertiary/aromatic N) is 6. The van der Waals surface area contributed by atoms with Crippen LogP contribution in [0.4, 0.5) is 21.0 Å². The van der Waals surface area contributed by atoms with Gasteiger partial charge in [0.05, 0.1) is 22.3 Å². The van der Waals surface area contributed by atoms with E-state index >= 15 is 0 Å². The van der Waals surface area contributed by atoms with Crippen LogP contribution in [-0.4, -0.2) is 155 Å². The minimum Gasteiger partial charge on any atom is -0.478 e. The Bertz CT molecular complexity index is 3200. The highest BCUT2D eigenvalue weighted by molar-refractivity contribution is 6.01. The molecule has 5 fully saturated rings. The molecule has 2 unspecified atom stereocenters. The average Bonchev–Trinajstić information content (AvgIpc) is 0.783. The highest BCUT2D eigenvalue weighted by Gasteiger charge is 2.55. The molecular formula is C70H92N6O10. The van der Waals surface area contributed by atoms with Crippen LogP contribution in [0, 0.1) is 33.5 Å². The number of benzene rings is 4. The number of rotatable bonds is 8. The van der Waals surface area contributed by atoms with Crippen LogP contribution in [-0.2, 0) is 9.47 Å². The number of carbonyl (C=O) groups is 6. The zero-order valence-electron chi connectivity index (χ0n) is 52.9. The Morgan fingerprint density at radius 3 is 1.35 bits per heavy atom. The molecule has 0 aromatic heterocycles. The van der Waals surface area contributed by atoms with Gasteiger partial charge in [0.15, 0.2) is 0 Å². The van der Waals surface area contributed by atoms with Gasteiger partial charge in [-0.15, -0.1) is 0 Å². The monoisotopic (exact) mass is 1180 g/mol. The summed E-state index contributed by atoms with van der Waals surface area (Å²) in [6.45, 7) is 32.8. The molecule has 4 aromatic carbocycles. The molecule has 0 spiro atoms. The van der Waals surface area contributed by atoms with Gasteiger partial charge in [0, 0.05) is 89.9 Å². The maximum atomic E-state index is 14.1. The Morgan fingerprint density at radius 2 is 0.907 bits per heavy atom. The van der Waals surface area contributed by atoms with E-state index in [9.17, 15) is 39.0 Å². The number of carbonyl (C=O) groups excluding carboxylic acids is 4. The number of carboxylic acids is 2. The molecule has 6 aliphatic rings. The van der Waals surface area contributed by atoms with Gasteiger partial charge < -0.3 is 49.1 Å². The van der Waals surface area contributed by atoms with Gasteiger partial charge in [-0.05, 0) is 178 Å². The first-order chi connectivity index (χ1) is 40.4. The van der Waals surface area contributed by atoms with E-state index in [2.05, 4.69) is 62.3 Å². The zero-order chi connectivity index (χ0) is 62.3. The number of hydrogen-bond donors (Lipinski definition) is 2. The summed E-state index contributed by atoms with van der Waals surface area (Å²) in [6.07, 6.45) is 6.44. The molecule has 86 heavy (non-hydrogen) atoms. The van der Waals surface area contributed by atoms with E-state index in [0.717, 1.165) is 61.2 Å². The molecule has 5 atom stereocenters. The third-order valence-electron chi connectivity index (χ3n) is 19.7. The number of anilines is 2. The number of ether oxygens (including phenoxy) is 2. The van der Waals surface area contributed by atoms with E-state index in [1.807, 2.05) is 119 Å². The standard InChI is InChI=1S/C35H47N3O5.C35H45N3O5/c2*1-33(2,3)43-32(42)37-21-19-36(20-22-37)28-10-8-7-9-26(28)30(39)38-18-16-29-34(4,5)27(15-17-35(29,6)23-38)24-11-13-25(14-12-24)31(40)41/h7-14,27,29H,15-23H2,1-6H3,(H,40,41);7-15,29H,16-23H2,1-6H3,(H,40,41)/t27-,29?,35-;29?,35-/m11/s1. The Labute approximate surface area is 509 Å². The number of para-hydroxylation sites is 2. The van der Waals surface area contributed by atoms with Crippen molar-refractivity contribution in [2.75, 3.05) is 88.3 Å². The van der Waals surface area contributed by atoms with Crippen molar-refractivity contribution in [2.45, 2.75) is 132 Å². The number of piperidine rings is 2. The molecule has 2 N–H and O–H groups in total. The third kappa shape index (κ3) is 13.4. The second kappa shape index (κ2) is 24.4. The first-order valence-corrected chi connectivity index (χ1v) is 31.0. The maximum Gasteiger partial charge on any atom is 0.410 e. The van der Waals surface area contributed by atoms with Crippen LogP contribution < -0.4 is 9.80 Å². The molecule has 4 amide bonds. The molecular weight excluding hydrogens is 1080 g/mol. The van der Waals surface area contributed by atoms with Crippen LogP contribution in [0.5, 0.6) is 0 Å². The normalized spacial score (nSPS) is 24.7. The quantitative estimate of drug-likeness (QED) is 0.171. The summed E-state index contributed by atoms with van der Waals surface area (Å²) in [6, 6.07) is 30.3. The third-order valence-corrected chi connectivity index (χ3v) is 19.7. The number of likely N-dealkylation sites (tertiary alicyclic amines) is 2. The Morgan fingerprint density at radius 1 is 0.488 bits per heavy atom. The smallest absolute Gasteiger partial charge is 0.410 e. The van der Waals surface area contributed by atoms with Gasteiger partial charge in [-0.2, -0.15) is 0 Å². The number of piperazine rings is 2. The van der Waals surface area contributed by atoms with Crippen LogP contribution in [0.25, 0.3) is 5.57 Å². The zero-order valence-corrected chi connectivity index (χ0v) is 52.9. The molecule has 4 heterocycles. The molecule has 1 saturated carbocycles. The number of amides is 4. The number of hydrogen-bond acceptors (Lipinski definition) is 10. The maximum absolute atomic E-state index is 14.1. The van der Waals surface area contributed by atoms with Crippen LogP contribution in [0.3, 0.4) is 0 Å². The summed E-state index contributed by atoms with van der Waals surface area (Å²) in [5, 5.41) is 18.6. The van der Waals surface area contributed by atoms with Gasteiger partial charge in [0.1, 0.15) is 11.2 Å². The van der Waals surface area contributed by atoms with E-state index < -0.39 is 23.1 Å². The van der Waals surface area contributed by atoms with Crippen molar-refractivity contribution in [2.24, 2.45) is 33.5 Å². The van der Waals surface area contributed by atoms with Crippen LogP contribution >= 0.6 is 0 Å². The number of fused-ring (bicyclic) bond motifs is 2. The minimum absolute atomic E-state index is 0.00288. The highest BCUT2D eigenvalue weighted by atomic mass is 16.6. The summed E-state index contributed by atoms with van der Waals surface area (Å²) in [5.41, 5.74) is 6.17. The van der Waals surface area contributed by atoms with E-state index in [1.54, 1.807) is 34.1 Å². The lowest BCUT2D eigenvalue weighted by molar-refractivity contribution is -0.0670. The lowest BCUT2D eigenvalue weighted by atomic mass is 9.49. The summed E-state index contributed by atoms with van der Waals surface area (Å²) >= 11 is 0. The van der Waals surface area contributed by atoms with Crippen molar-refractivity contribution >= 4 is 52.9 Å². The summed E-state index contributed by atoms with van der Waals surface area (Å²) in [7, 11) is 0. The van der Waals surface area contributed by atoms with Crippen LogP contribution in [0.1, 0.15) is 174 Å². The van der Waals surface area contributed by atoms with Gasteiger partial charge in [-0.25, -0.2) is 19.2 Å². The Hall–Kier alpha value is -7.36. The topological polar surface area (TPSA) is 181 Å². The van der Waals surface area contributed by atoms with E-state index in [1.165, 1.54) is 11.1 Å². The van der Waals surface area contributed by atoms with Gasteiger partial charge >= 0.3 is 24.1 Å². The van der Waals surface area contributed by atoms with Gasteiger partial charge in [0.2, 0.25) is 0 Å². The van der Waals surface area contributed by atoms with E-state index in [0.29, 0.717) is 106 Å². The molecule has 4 aliphatic heterocycles. The SMILES string of the molecule is CC(C)(C)OC(=O)N1CCN(c2ccccc2C(=O)N2CCC3C(C)(C)C(c4ccc(C(=O)O)cc4)=CC[C@]3(C)C2)CC1.CC(C)(C)OC(=O)N1CCN(c2ccccc2C(=O)N2CCC3C(C)(C)[C@@H](c4ccc(C(=O)O)cc4)CC[C@]3(C)C2)CC1. The first-order valence-electron chi connectivity index (χ1n) is 31.0. The van der Waals surface area contributed by atoms with Gasteiger partial charge in [-0.3, -0.25) is 9.59 Å². The first kappa shape index (κ1) is 63.2. The molecule has 16 nitrogen and oxygen atoms in total. The highest BCUT2D eigenvalue weighted by Crippen LogP contribution is 2.61. The number of carboxylic acid groups (broad SMARTS) is 2. The lowest BCUT2D eigenvalue weighted by Gasteiger charge is -2.59. The van der Waals surface area contributed by atoms with Crippen molar-refractivity contribution in [1.29, 1.82) is 0 Å². The molecule has 462 valence electrons. The fraction of sp³-hybridized carbons (Fsp3) is 0.543. The van der Waals surface area contributed by atoms with Gasteiger partial charge in [0.25, 0.3) is 11.8 Å². The van der Waals surface area contributed by atoms with Crippen molar-refractivity contribution in [3.8, 4) is 0 Å². The van der Waals surface area contributed by atoms with Crippen molar-refractivity contribution in [3.05, 3.63) is 137 Å². The van der Waals surface area contributed by atoms with Crippen molar-refractivity contribution in [1.82, 2.24) is 19.6 Å². The summed E-state index contributed by atoms with van der Waals surface area (Å²) in [5.74, 6) is -0.523. The largest absolute Gasteiger partial charge is 0.478 e. The van der Waals surface area contributed by atoms with Crippen LogP contribution in [0.2, 0.25) is 0 Å². The lowest BCUT2D eigenvalue weighted by Crippen LogP contribution is -2.57. The predicted octanol–water partition coefficient (Wildman–Crippen LogP) is 12.9. The second-order valence-electron chi connectivity index (χ2n) is 28.7. The molecule has 4 saturated heterocycles. The Kier molecular flexibility index (Phi) is 17.9. The molecule has 4 aromatic rings. The molecule has 16 heteroatoms. The average molecular weight is 1180 g/mol. The second-order valence-corrected chi connectivity index (χ2v) is 28.7. The van der Waals surface area contributed by atoms with E-state index in [-0.39, 0.29) is 45.7 Å². The van der Waals surface area contributed by atoms with E-state index in [4.69, 9.17) is 9.47 Å². The number of allylic oxidation sites excluding steroid dienone is 2. The minimum atomic E-state index is -0.919. The van der Waals surface area contributed by atoms with Crippen molar-refractivity contribution in [3.63, 3.8) is 0 Å². The van der Waals surface area contributed by atoms with Crippen LogP contribution in [0.15, 0.2) is 103 Å². The molecule has 10 rings (SSSR count). The fourth-order valence-electron chi connectivity index (χ4n) is 15.6. The Balaban J connectivity index is 0.000000205.